The molecular formula is C10H14N2O4. The average molecular weight is 226 g/mol. The fourth-order valence-electron chi connectivity index (χ4n) is 1.26. The molecule has 2 N–H and O–H groups in total. The van der Waals surface area contributed by atoms with Gasteiger partial charge in [0.2, 0.25) is 0 Å². The van der Waals surface area contributed by atoms with Crippen molar-refractivity contribution in [2.24, 2.45) is 0 Å². The van der Waals surface area contributed by atoms with Crippen molar-refractivity contribution in [2.45, 2.75) is 6.04 Å². The molecule has 6 heteroatoms. The van der Waals surface area contributed by atoms with Gasteiger partial charge in [-0.2, -0.15) is 0 Å². The zero-order valence-electron chi connectivity index (χ0n) is 8.92. The molecule has 0 aliphatic heterocycles. The molecular weight excluding hydrogens is 212 g/mol. The molecule has 0 radical (unpaired) electrons. The first-order chi connectivity index (χ1) is 7.67. The standard InChI is InChI=1S/C10H14N2O4/c1-16-7-9(6-13)11-8-2-4-10(5-3-8)12(14)15/h2-5,9,11,13H,6-7H2,1H3. The minimum absolute atomic E-state index is 0.0397. The van der Waals surface area contributed by atoms with Crippen LogP contribution in [0, 0.1) is 10.1 Å². The number of aliphatic hydroxyl groups is 1. The lowest BCUT2D eigenvalue weighted by Gasteiger charge is -2.16. The number of benzene rings is 1. The Hall–Kier alpha value is -1.66. The SMILES string of the molecule is COCC(CO)Nc1ccc([N+](=O)[O-])cc1. The van der Waals surface area contributed by atoms with E-state index >= 15 is 0 Å². The average Bonchev–Trinajstić information content (AvgIpc) is 2.29. The highest BCUT2D eigenvalue weighted by molar-refractivity contribution is 5.49. The van der Waals surface area contributed by atoms with Gasteiger partial charge in [0, 0.05) is 24.9 Å². The van der Waals surface area contributed by atoms with Gasteiger partial charge < -0.3 is 15.2 Å². The Kier molecular flexibility index (Phi) is 4.68. The van der Waals surface area contributed by atoms with Gasteiger partial charge >= 0.3 is 0 Å². The smallest absolute Gasteiger partial charge is 0.269 e. The Labute approximate surface area is 93.0 Å². The fraction of sp³-hybridized carbons (Fsp3) is 0.400. The minimum atomic E-state index is -0.456. The molecule has 0 aliphatic carbocycles. The maximum absolute atomic E-state index is 10.4. The van der Waals surface area contributed by atoms with Gasteiger partial charge in [-0.05, 0) is 12.1 Å². The molecule has 0 spiro atoms. The first-order valence-corrected chi connectivity index (χ1v) is 4.78. The number of ether oxygens (including phenoxy) is 1. The molecule has 1 unspecified atom stereocenters. The lowest BCUT2D eigenvalue weighted by molar-refractivity contribution is -0.384. The van der Waals surface area contributed by atoms with Crippen LogP contribution >= 0.6 is 0 Å². The fourth-order valence-corrected chi connectivity index (χ4v) is 1.26. The van der Waals surface area contributed by atoms with E-state index < -0.39 is 4.92 Å². The van der Waals surface area contributed by atoms with E-state index in [1.54, 1.807) is 19.2 Å². The summed E-state index contributed by atoms with van der Waals surface area (Å²) in [6, 6.07) is 5.78. The van der Waals surface area contributed by atoms with E-state index in [9.17, 15) is 10.1 Å². The number of rotatable bonds is 6. The van der Waals surface area contributed by atoms with Gasteiger partial charge in [0.05, 0.1) is 24.2 Å². The molecule has 1 rings (SSSR count). The number of nitrogens with zero attached hydrogens (tertiary/aromatic N) is 1. The summed E-state index contributed by atoms with van der Waals surface area (Å²) in [6.07, 6.45) is 0. The third-order valence-corrected chi connectivity index (χ3v) is 2.04. The van der Waals surface area contributed by atoms with Crippen LogP contribution in [0.1, 0.15) is 0 Å². The Balaban J connectivity index is 2.63. The summed E-state index contributed by atoms with van der Waals surface area (Å²) in [5.74, 6) is 0. The highest BCUT2D eigenvalue weighted by atomic mass is 16.6. The second-order valence-corrected chi connectivity index (χ2v) is 3.28. The predicted molar refractivity (Wildman–Crippen MR) is 59.5 cm³/mol. The van der Waals surface area contributed by atoms with Crippen LogP contribution in [0.5, 0.6) is 0 Å². The van der Waals surface area contributed by atoms with Crippen molar-refractivity contribution in [3.63, 3.8) is 0 Å². The number of non-ortho nitro benzene ring substituents is 1. The van der Waals surface area contributed by atoms with E-state index in [1.807, 2.05) is 0 Å². The molecule has 1 atom stereocenters. The number of anilines is 1. The molecule has 6 nitrogen and oxygen atoms in total. The maximum Gasteiger partial charge on any atom is 0.269 e. The largest absolute Gasteiger partial charge is 0.394 e. The zero-order valence-corrected chi connectivity index (χ0v) is 8.92. The summed E-state index contributed by atoms with van der Waals surface area (Å²) in [7, 11) is 1.54. The van der Waals surface area contributed by atoms with E-state index in [0.29, 0.717) is 12.3 Å². The molecule has 0 aromatic heterocycles. The molecule has 0 aliphatic rings. The highest BCUT2D eigenvalue weighted by Gasteiger charge is 2.08. The molecule has 0 heterocycles. The van der Waals surface area contributed by atoms with Crippen molar-refractivity contribution < 1.29 is 14.8 Å². The molecule has 88 valence electrons. The van der Waals surface area contributed by atoms with Crippen LogP contribution in [0.3, 0.4) is 0 Å². The second-order valence-electron chi connectivity index (χ2n) is 3.28. The Morgan fingerprint density at radius 2 is 2.12 bits per heavy atom. The van der Waals surface area contributed by atoms with Crippen LogP contribution in [0.4, 0.5) is 11.4 Å². The van der Waals surface area contributed by atoms with Crippen LogP contribution in [0.15, 0.2) is 24.3 Å². The van der Waals surface area contributed by atoms with Crippen LogP contribution in [-0.2, 0) is 4.74 Å². The number of methoxy groups -OCH3 is 1. The van der Waals surface area contributed by atoms with Crippen LogP contribution in [-0.4, -0.2) is 36.4 Å². The van der Waals surface area contributed by atoms with E-state index in [-0.39, 0.29) is 18.3 Å². The van der Waals surface area contributed by atoms with Gasteiger partial charge in [0.15, 0.2) is 0 Å². The van der Waals surface area contributed by atoms with Crippen molar-refractivity contribution in [1.29, 1.82) is 0 Å². The number of hydrogen-bond donors (Lipinski definition) is 2. The Morgan fingerprint density at radius 1 is 1.50 bits per heavy atom. The van der Waals surface area contributed by atoms with E-state index in [4.69, 9.17) is 9.84 Å². The van der Waals surface area contributed by atoms with Gasteiger partial charge in [-0.25, -0.2) is 0 Å². The highest BCUT2D eigenvalue weighted by Crippen LogP contribution is 2.15. The van der Waals surface area contributed by atoms with Crippen molar-refractivity contribution in [3.05, 3.63) is 34.4 Å². The minimum Gasteiger partial charge on any atom is -0.394 e. The van der Waals surface area contributed by atoms with Gasteiger partial charge in [-0.3, -0.25) is 10.1 Å². The summed E-state index contributed by atoms with van der Waals surface area (Å²) in [5, 5.41) is 22.4. The second kappa shape index (κ2) is 6.04. The topological polar surface area (TPSA) is 84.6 Å². The predicted octanol–water partition coefficient (Wildman–Crippen LogP) is 1.01. The third-order valence-electron chi connectivity index (χ3n) is 2.04. The molecule has 0 bridgehead atoms. The van der Waals surface area contributed by atoms with Crippen molar-refractivity contribution >= 4 is 11.4 Å². The van der Waals surface area contributed by atoms with Crippen LogP contribution in [0.25, 0.3) is 0 Å². The monoisotopic (exact) mass is 226 g/mol. The molecule has 16 heavy (non-hydrogen) atoms. The summed E-state index contributed by atoms with van der Waals surface area (Å²) in [4.78, 5) is 9.96. The number of aliphatic hydroxyl groups excluding tert-OH is 1. The van der Waals surface area contributed by atoms with Crippen LogP contribution in [0.2, 0.25) is 0 Å². The van der Waals surface area contributed by atoms with Gasteiger partial charge in [0.1, 0.15) is 0 Å². The van der Waals surface area contributed by atoms with Crippen molar-refractivity contribution in [1.82, 2.24) is 0 Å². The lowest BCUT2D eigenvalue weighted by Crippen LogP contribution is -2.28. The first-order valence-electron chi connectivity index (χ1n) is 4.78. The zero-order chi connectivity index (χ0) is 12.0. The summed E-state index contributed by atoms with van der Waals surface area (Å²) < 4.78 is 4.90. The Morgan fingerprint density at radius 3 is 2.56 bits per heavy atom. The number of nitro groups is 1. The first kappa shape index (κ1) is 12.4. The summed E-state index contributed by atoms with van der Waals surface area (Å²) >= 11 is 0. The molecule has 0 saturated heterocycles. The summed E-state index contributed by atoms with van der Waals surface area (Å²) in [5.41, 5.74) is 0.750. The third kappa shape index (κ3) is 3.48. The Bertz CT molecular complexity index is 339. The van der Waals surface area contributed by atoms with E-state index in [0.717, 1.165) is 0 Å². The normalized spacial score (nSPS) is 12.1. The number of nitrogens with one attached hydrogen (secondary N) is 1. The van der Waals surface area contributed by atoms with Gasteiger partial charge in [-0.1, -0.05) is 0 Å². The molecule has 0 saturated carbocycles. The van der Waals surface area contributed by atoms with Crippen LogP contribution < -0.4 is 5.32 Å². The van der Waals surface area contributed by atoms with E-state index in [2.05, 4.69) is 5.32 Å². The van der Waals surface area contributed by atoms with E-state index in [1.165, 1.54) is 12.1 Å². The molecule has 1 aromatic carbocycles. The molecule has 1 aromatic rings. The molecule has 0 fully saturated rings. The van der Waals surface area contributed by atoms with Crippen molar-refractivity contribution in [3.8, 4) is 0 Å². The lowest BCUT2D eigenvalue weighted by atomic mass is 10.2. The number of nitro benzene ring substituents is 1. The molecule has 0 amide bonds. The summed E-state index contributed by atoms with van der Waals surface area (Å²) in [6.45, 7) is 0.304. The quantitative estimate of drug-likeness (QED) is 0.558. The van der Waals surface area contributed by atoms with Crippen molar-refractivity contribution in [2.75, 3.05) is 25.6 Å². The number of hydrogen-bond acceptors (Lipinski definition) is 5. The van der Waals surface area contributed by atoms with Gasteiger partial charge in [0.25, 0.3) is 5.69 Å². The maximum atomic E-state index is 10.4. The van der Waals surface area contributed by atoms with Gasteiger partial charge in [-0.15, -0.1) is 0 Å².